The number of nitrogens with two attached hydrogens (primary N) is 1. The minimum Gasteiger partial charge on any atom is -0.383 e. The van der Waals surface area contributed by atoms with E-state index in [2.05, 4.69) is 5.32 Å². The second-order valence-electron chi connectivity index (χ2n) is 7.70. The second-order valence-corrected chi connectivity index (χ2v) is 7.70. The van der Waals surface area contributed by atoms with Gasteiger partial charge in [0, 0.05) is 19.6 Å². The summed E-state index contributed by atoms with van der Waals surface area (Å²) in [5.74, 6) is -0.874. The summed E-state index contributed by atoms with van der Waals surface area (Å²) in [4.78, 5) is 40.4. The minimum absolute atomic E-state index is 0.0443. The summed E-state index contributed by atoms with van der Waals surface area (Å²) in [6.07, 6.45) is -1.37. The van der Waals surface area contributed by atoms with E-state index in [1.165, 1.54) is 16.7 Å². The first-order chi connectivity index (χ1) is 15.1. The number of halogens is 3. The van der Waals surface area contributed by atoms with Gasteiger partial charge in [0.05, 0.1) is 11.3 Å². The highest BCUT2D eigenvalue weighted by Gasteiger charge is 2.33. The highest BCUT2D eigenvalue weighted by atomic mass is 19.4. The number of carbonyl (C=O) groups excluding carboxylic acids is 1. The van der Waals surface area contributed by atoms with E-state index in [0.29, 0.717) is 19.5 Å². The third-order valence-electron chi connectivity index (χ3n) is 5.37. The molecular weight excluding hydrogens is 427 g/mol. The Morgan fingerprint density at radius 3 is 2.38 bits per heavy atom. The molecule has 11 heteroatoms. The maximum absolute atomic E-state index is 13.2. The van der Waals surface area contributed by atoms with E-state index in [1.54, 1.807) is 4.90 Å². The van der Waals surface area contributed by atoms with Crippen LogP contribution in [0.15, 0.2) is 33.9 Å². The van der Waals surface area contributed by atoms with Gasteiger partial charge in [0.25, 0.3) is 5.56 Å². The quantitative estimate of drug-likeness (QED) is 0.700. The summed E-state index contributed by atoms with van der Waals surface area (Å²) in [6, 6.07) is 4.51. The van der Waals surface area contributed by atoms with Gasteiger partial charge < -0.3 is 16.0 Å². The van der Waals surface area contributed by atoms with Crippen LogP contribution < -0.4 is 27.2 Å². The van der Waals surface area contributed by atoms with Crippen LogP contribution in [0.3, 0.4) is 0 Å². The predicted molar refractivity (Wildman–Crippen MR) is 116 cm³/mol. The summed E-state index contributed by atoms with van der Waals surface area (Å²) in [5, 5.41) is 2.17. The van der Waals surface area contributed by atoms with Crippen molar-refractivity contribution in [3.05, 3.63) is 50.7 Å². The minimum atomic E-state index is -4.67. The van der Waals surface area contributed by atoms with E-state index in [-0.39, 0.29) is 18.1 Å². The molecule has 0 unspecified atom stereocenters. The molecule has 0 bridgehead atoms. The zero-order valence-electron chi connectivity index (χ0n) is 17.7. The average molecular weight is 453 g/mol. The average Bonchev–Trinajstić information content (AvgIpc) is 2.75. The number of amides is 1. The molecule has 0 saturated carbocycles. The molecule has 8 nitrogen and oxygen atoms in total. The number of rotatable bonds is 6. The lowest BCUT2D eigenvalue weighted by atomic mass is 10.1. The zero-order valence-corrected chi connectivity index (χ0v) is 17.7. The number of nitrogens with zero attached hydrogens (tertiary/aromatic N) is 3. The van der Waals surface area contributed by atoms with Gasteiger partial charge in [-0.2, -0.15) is 13.2 Å². The third kappa shape index (κ3) is 4.81. The first-order valence-corrected chi connectivity index (χ1v) is 10.5. The Labute approximate surface area is 182 Å². The van der Waals surface area contributed by atoms with Crippen molar-refractivity contribution >= 4 is 23.1 Å². The Bertz CT molecular complexity index is 1100. The number of benzene rings is 1. The van der Waals surface area contributed by atoms with Gasteiger partial charge in [-0.3, -0.25) is 14.2 Å². The van der Waals surface area contributed by atoms with Crippen LogP contribution in [0.1, 0.15) is 38.2 Å². The summed E-state index contributed by atoms with van der Waals surface area (Å²) in [6.45, 7) is 2.53. The summed E-state index contributed by atoms with van der Waals surface area (Å²) in [7, 11) is 0. The third-order valence-corrected chi connectivity index (χ3v) is 5.37. The number of hydrogen-bond donors (Lipinski definition) is 2. The molecule has 1 aromatic heterocycles. The topological polar surface area (TPSA) is 102 Å². The Morgan fingerprint density at radius 2 is 1.75 bits per heavy atom. The fraction of sp³-hybridized carbons (Fsp3) is 0.476. The summed E-state index contributed by atoms with van der Waals surface area (Å²) >= 11 is 0. The molecule has 2 heterocycles. The van der Waals surface area contributed by atoms with Crippen LogP contribution in [-0.4, -0.2) is 28.1 Å². The van der Waals surface area contributed by atoms with Crippen LogP contribution >= 0.6 is 0 Å². The maximum atomic E-state index is 13.2. The van der Waals surface area contributed by atoms with Gasteiger partial charge in [-0.1, -0.05) is 19.1 Å². The second kappa shape index (κ2) is 9.49. The maximum Gasteiger partial charge on any atom is 0.418 e. The van der Waals surface area contributed by atoms with Crippen molar-refractivity contribution in [2.45, 2.75) is 51.9 Å². The molecule has 1 aliphatic rings. The highest BCUT2D eigenvalue weighted by molar-refractivity contribution is 5.91. The zero-order chi connectivity index (χ0) is 23.5. The number of anilines is 3. The van der Waals surface area contributed by atoms with Gasteiger partial charge in [-0.15, -0.1) is 0 Å². The standard InChI is InChI=1S/C21H26F3N5O3/c1-2-10-28-18(25)17(27-11-6-3-7-12-27)19(31)29(20(28)32)13-16(30)26-15-9-5-4-8-14(15)21(22,23)24/h4-5,8-9H,2-3,6-7,10-13,25H2,1H3,(H,26,30). The van der Waals surface area contributed by atoms with Crippen LogP contribution in [0.4, 0.5) is 30.4 Å². The largest absolute Gasteiger partial charge is 0.418 e. The molecule has 1 saturated heterocycles. The molecular formula is C21H26F3N5O3. The van der Waals surface area contributed by atoms with Crippen molar-refractivity contribution in [1.29, 1.82) is 0 Å². The number of piperidine rings is 1. The van der Waals surface area contributed by atoms with Crippen molar-refractivity contribution in [1.82, 2.24) is 9.13 Å². The van der Waals surface area contributed by atoms with Crippen LogP contribution in [0.25, 0.3) is 0 Å². The fourth-order valence-electron chi connectivity index (χ4n) is 3.87. The number of nitrogens with one attached hydrogen (secondary N) is 1. The van der Waals surface area contributed by atoms with E-state index in [1.807, 2.05) is 6.92 Å². The SMILES string of the molecule is CCCn1c(N)c(N2CCCCC2)c(=O)n(CC(=O)Nc2ccccc2C(F)(F)F)c1=O. The van der Waals surface area contributed by atoms with Crippen molar-refractivity contribution in [2.24, 2.45) is 0 Å². The molecule has 32 heavy (non-hydrogen) atoms. The van der Waals surface area contributed by atoms with Crippen molar-refractivity contribution in [2.75, 3.05) is 29.0 Å². The summed E-state index contributed by atoms with van der Waals surface area (Å²) in [5.41, 5.74) is 3.37. The van der Waals surface area contributed by atoms with Gasteiger partial charge >= 0.3 is 11.9 Å². The lowest BCUT2D eigenvalue weighted by molar-refractivity contribution is -0.137. The molecule has 0 aliphatic carbocycles. The normalized spacial score (nSPS) is 14.4. The number of nitrogen functional groups attached to an aromatic ring is 1. The molecule has 1 aromatic carbocycles. The van der Waals surface area contributed by atoms with Crippen LogP contribution in [-0.2, 0) is 24.1 Å². The van der Waals surface area contributed by atoms with Gasteiger partial charge in [0.1, 0.15) is 18.1 Å². The number of hydrogen-bond acceptors (Lipinski definition) is 5. The Hall–Kier alpha value is -3.24. The lowest BCUT2D eigenvalue weighted by Gasteiger charge is -2.30. The Morgan fingerprint density at radius 1 is 1.09 bits per heavy atom. The first kappa shape index (κ1) is 23.4. The van der Waals surface area contributed by atoms with Gasteiger partial charge in [0.2, 0.25) is 5.91 Å². The molecule has 0 spiro atoms. The molecule has 1 fully saturated rings. The van der Waals surface area contributed by atoms with Gasteiger partial charge in [0.15, 0.2) is 0 Å². The monoisotopic (exact) mass is 453 g/mol. The molecule has 3 rings (SSSR count). The van der Waals surface area contributed by atoms with Crippen molar-refractivity contribution in [3.8, 4) is 0 Å². The number of aromatic nitrogens is 2. The number of alkyl halides is 3. The molecule has 2 aromatic rings. The predicted octanol–water partition coefficient (Wildman–Crippen LogP) is 2.65. The fourth-order valence-corrected chi connectivity index (χ4v) is 3.87. The van der Waals surface area contributed by atoms with Gasteiger partial charge in [-0.25, -0.2) is 9.36 Å². The smallest absolute Gasteiger partial charge is 0.383 e. The molecule has 0 radical (unpaired) electrons. The van der Waals surface area contributed by atoms with Crippen LogP contribution in [0, 0.1) is 0 Å². The number of carbonyl (C=O) groups is 1. The molecule has 0 atom stereocenters. The van der Waals surface area contributed by atoms with Crippen LogP contribution in [0.5, 0.6) is 0 Å². The molecule has 3 N–H and O–H groups in total. The Kier molecular flexibility index (Phi) is 6.95. The highest BCUT2D eigenvalue weighted by Crippen LogP contribution is 2.34. The van der Waals surface area contributed by atoms with E-state index in [4.69, 9.17) is 5.73 Å². The first-order valence-electron chi connectivity index (χ1n) is 10.5. The van der Waals surface area contributed by atoms with E-state index in [9.17, 15) is 27.6 Å². The number of para-hydroxylation sites is 1. The van der Waals surface area contributed by atoms with Crippen molar-refractivity contribution in [3.63, 3.8) is 0 Å². The molecule has 1 aliphatic heterocycles. The Balaban J connectivity index is 1.99. The van der Waals surface area contributed by atoms with Crippen molar-refractivity contribution < 1.29 is 18.0 Å². The van der Waals surface area contributed by atoms with E-state index in [0.717, 1.165) is 36.0 Å². The van der Waals surface area contributed by atoms with E-state index >= 15 is 0 Å². The van der Waals surface area contributed by atoms with Crippen LogP contribution in [0.2, 0.25) is 0 Å². The summed E-state index contributed by atoms with van der Waals surface area (Å²) < 4.78 is 41.6. The molecule has 174 valence electrons. The molecule has 1 amide bonds. The lowest BCUT2D eigenvalue weighted by Crippen LogP contribution is -2.47. The van der Waals surface area contributed by atoms with E-state index < -0.39 is 41.1 Å². The van der Waals surface area contributed by atoms with Gasteiger partial charge in [-0.05, 0) is 37.8 Å².